The molecule has 0 aliphatic rings. The normalized spacial score (nSPS) is 11.7. The predicted octanol–water partition coefficient (Wildman–Crippen LogP) is -0.992. The van der Waals surface area contributed by atoms with Crippen molar-refractivity contribution in [1.82, 2.24) is 15.2 Å². The number of H-pyrrole nitrogens is 1. The Labute approximate surface area is 52.0 Å². The molecule has 1 aromatic heterocycles. The molecule has 1 aromatic rings. The lowest BCUT2D eigenvalue weighted by molar-refractivity contribution is 0.593. The maximum absolute atomic E-state index is 10.5. The lowest BCUT2D eigenvalue weighted by Gasteiger charge is -1.84. The molecule has 1 radical (unpaired) electrons. The standard InChI is InChI=1S/C3H4N3O2S/c1-9(7,8)3-4-2-5-6-3/h1H3,(H,4,5,6). The molecular formula is C3H4N3O2S. The van der Waals surface area contributed by atoms with Crippen molar-refractivity contribution in [2.24, 2.45) is 0 Å². The largest absolute Gasteiger partial charge is 0.249 e. The molecule has 1 heterocycles. The summed E-state index contributed by atoms with van der Waals surface area (Å²) in [6, 6.07) is 0. The molecule has 1 N–H and O–H groups in total. The fourth-order valence-corrected chi connectivity index (χ4v) is 0.752. The Morgan fingerprint density at radius 3 is 2.56 bits per heavy atom. The van der Waals surface area contributed by atoms with Crippen molar-refractivity contribution >= 4 is 9.84 Å². The lowest BCUT2D eigenvalue weighted by atomic mass is 11.3. The third-order valence-corrected chi connectivity index (χ3v) is 1.59. The van der Waals surface area contributed by atoms with Crippen molar-refractivity contribution in [2.45, 2.75) is 5.16 Å². The lowest BCUT2D eigenvalue weighted by Crippen LogP contribution is -1.98. The summed E-state index contributed by atoms with van der Waals surface area (Å²) < 4.78 is 21.1. The average molecular weight is 146 g/mol. The summed E-state index contributed by atoms with van der Waals surface area (Å²) in [4.78, 5) is 3.31. The Morgan fingerprint density at radius 1 is 1.67 bits per heavy atom. The minimum absolute atomic E-state index is 0.150. The molecule has 0 bridgehead atoms. The van der Waals surface area contributed by atoms with E-state index in [9.17, 15) is 8.42 Å². The van der Waals surface area contributed by atoms with Gasteiger partial charge in [0, 0.05) is 6.26 Å². The first-order valence-electron chi connectivity index (χ1n) is 2.09. The minimum atomic E-state index is -3.22. The van der Waals surface area contributed by atoms with E-state index >= 15 is 0 Å². The molecule has 9 heavy (non-hydrogen) atoms. The fraction of sp³-hybridized carbons (Fsp3) is 0.333. The van der Waals surface area contributed by atoms with Gasteiger partial charge >= 0.3 is 0 Å². The molecule has 0 aromatic carbocycles. The topological polar surface area (TPSA) is 75.7 Å². The van der Waals surface area contributed by atoms with Gasteiger partial charge in [0.2, 0.25) is 21.3 Å². The minimum Gasteiger partial charge on any atom is -0.249 e. The van der Waals surface area contributed by atoms with E-state index in [0.29, 0.717) is 0 Å². The maximum Gasteiger partial charge on any atom is 0.243 e. The quantitative estimate of drug-likeness (QED) is 0.551. The smallest absolute Gasteiger partial charge is 0.243 e. The van der Waals surface area contributed by atoms with Crippen LogP contribution >= 0.6 is 0 Å². The number of hydrogen-bond donors (Lipinski definition) is 1. The van der Waals surface area contributed by atoms with Gasteiger partial charge in [-0.1, -0.05) is 0 Å². The molecule has 0 fully saturated rings. The number of aromatic amines is 1. The Balaban J connectivity index is 3.20. The molecule has 0 amide bonds. The van der Waals surface area contributed by atoms with E-state index in [0.717, 1.165) is 6.26 Å². The summed E-state index contributed by atoms with van der Waals surface area (Å²) in [5.74, 6) is 0. The zero-order chi connectivity index (χ0) is 6.91. The average Bonchev–Trinajstić information content (AvgIpc) is 2.08. The second kappa shape index (κ2) is 1.80. The van der Waals surface area contributed by atoms with E-state index in [1.165, 1.54) is 0 Å². The highest BCUT2D eigenvalue weighted by molar-refractivity contribution is 7.90. The highest BCUT2D eigenvalue weighted by Crippen LogP contribution is 1.94. The van der Waals surface area contributed by atoms with Crippen LogP contribution in [0.4, 0.5) is 0 Å². The first kappa shape index (κ1) is 6.21. The Morgan fingerprint density at radius 2 is 2.33 bits per heavy atom. The van der Waals surface area contributed by atoms with Crippen molar-refractivity contribution < 1.29 is 8.42 Å². The second-order valence-corrected chi connectivity index (χ2v) is 3.44. The van der Waals surface area contributed by atoms with Crippen molar-refractivity contribution in [2.75, 3.05) is 6.26 Å². The van der Waals surface area contributed by atoms with Crippen molar-refractivity contribution in [3.8, 4) is 0 Å². The SMILES string of the molecule is CS(=O)(=O)c1n[c]n[nH]1. The molecule has 0 spiro atoms. The fourth-order valence-electron chi connectivity index (χ4n) is 0.334. The number of hydrogen-bond acceptors (Lipinski definition) is 4. The van der Waals surface area contributed by atoms with Gasteiger partial charge in [0.05, 0.1) is 0 Å². The number of rotatable bonds is 1. The van der Waals surface area contributed by atoms with Crippen LogP contribution < -0.4 is 0 Å². The van der Waals surface area contributed by atoms with Crippen LogP contribution in [0.5, 0.6) is 0 Å². The van der Waals surface area contributed by atoms with Gasteiger partial charge in [-0.15, -0.1) is 5.10 Å². The summed E-state index contributed by atoms with van der Waals surface area (Å²) in [7, 11) is -3.22. The van der Waals surface area contributed by atoms with Crippen LogP contribution in [-0.2, 0) is 9.84 Å². The van der Waals surface area contributed by atoms with Gasteiger partial charge in [0.25, 0.3) is 0 Å². The first-order chi connectivity index (χ1) is 4.11. The summed E-state index contributed by atoms with van der Waals surface area (Å²) in [5.41, 5.74) is 0. The molecule has 0 aliphatic carbocycles. The van der Waals surface area contributed by atoms with Crippen LogP contribution in [0.25, 0.3) is 0 Å². The zero-order valence-corrected chi connectivity index (χ0v) is 5.44. The van der Waals surface area contributed by atoms with E-state index in [2.05, 4.69) is 21.5 Å². The number of nitrogens with one attached hydrogen (secondary N) is 1. The van der Waals surface area contributed by atoms with Gasteiger partial charge in [-0.05, 0) is 0 Å². The van der Waals surface area contributed by atoms with Crippen molar-refractivity contribution in [3.63, 3.8) is 0 Å². The van der Waals surface area contributed by atoms with Crippen LogP contribution in [0.1, 0.15) is 0 Å². The van der Waals surface area contributed by atoms with Crippen LogP contribution in [-0.4, -0.2) is 29.9 Å². The number of aromatic nitrogens is 3. The van der Waals surface area contributed by atoms with Gasteiger partial charge < -0.3 is 0 Å². The molecular weight excluding hydrogens is 142 g/mol. The van der Waals surface area contributed by atoms with Crippen LogP contribution in [0.2, 0.25) is 0 Å². The van der Waals surface area contributed by atoms with E-state index in [1.807, 2.05) is 0 Å². The molecule has 5 nitrogen and oxygen atoms in total. The van der Waals surface area contributed by atoms with Gasteiger partial charge in [-0.3, -0.25) is 0 Å². The van der Waals surface area contributed by atoms with Crippen molar-refractivity contribution in [1.29, 1.82) is 0 Å². The zero-order valence-electron chi connectivity index (χ0n) is 4.62. The van der Waals surface area contributed by atoms with Crippen LogP contribution in [0.3, 0.4) is 0 Å². The first-order valence-corrected chi connectivity index (χ1v) is 3.98. The van der Waals surface area contributed by atoms with E-state index in [-0.39, 0.29) is 5.16 Å². The second-order valence-electron chi connectivity index (χ2n) is 1.51. The van der Waals surface area contributed by atoms with Crippen molar-refractivity contribution in [3.05, 3.63) is 6.33 Å². The van der Waals surface area contributed by atoms with Crippen LogP contribution in [0, 0.1) is 6.33 Å². The Bertz CT molecular complexity index is 274. The Hall–Kier alpha value is -0.910. The highest BCUT2D eigenvalue weighted by Gasteiger charge is 2.08. The third-order valence-electron chi connectivity index (χ3n) is 0.704. The maximum atomic E-state index is 10.5. The van der Waals surface area contributed by atoms with E-state index < -0.39 is 9.84 Å². The Kier molecular flexibility index (Phi) is 1.24. The molecule has 0 saturated carbocycles. The van der Waals surface area contributed by atoms with Gasteiger partial charge in [0.1, 0.15) is 0 Å². The monoisotopic (exact) mass is 146 g/mol. The highest BCUT2D eigenvalue weighted by atomic mass is 32.2. The van der Waals surface area contributed by atoms with Gasteiger partial charge in [-0.2, -0.15) is 4.98 Å². The third kappa shape index (κ3) is 1.26. The van der Waals surface area contributed by atoms with Gasteiger partial charge in [0.15, 0.2) is 0 Å². The summed E-state index contributed by atoms with van der Waals surface area (Å²) in [5, 5.41) is 5.27. The van der Waals surface area contributed by atoms with E-state index in [4.69, 9.17) is 0 Å². The number of nitrogens with zero attached hydrogens (tertiary/aromatic N) is 2. The summed E-state index contributed by atoms with van der Waals surface area (Å²) in [6.07, 6.45) is 3.14. The molecule has 0 unspecified atom stereocenters. The molecule has 0 atom stereocenters. The summed E-state index contributed by atoms with van der Waals surface area (Å²) in [6.45, 7) is 0. The summed E-state index contributed by atoms with van der Waals surface area (Å²) >= 11 is 0. The molecule has 0 saturated heterocycles. The van der Waals surface area contributed by atoms with Crippen LogP contribution in [0.15, 0.2) is 5.16 Å². The van der Waals surface area contributed by atoms with E-state index in [1.54, 1.807) is 0 Å². The molecule has 6 heteroatoms. The number of sulfone groups is 1. The van der Waals surface area contributed by atoms with Gasteiger partial charge in [-0.25, -0.2) is 13.5 Å². The molecule has 49 valence electrons. The molecule has 0 aliphatic heterocycles. The molecule has 1 rings (SSSR count). The predicted molar refractivity (Wildman–Crippen MR) is 28.3 cm³/mol.